The molecule has 0 aliphatic heterocycles. The van der Waals surface area contributed by atoms with E-state index < -0.39 is 7.60 Å². The van der Waals surface area contributed by atoms with Gasteiger partial charge in [0.2, 0.25) is 0 Å². The molecular formula is C11H22NO3P. The van der Waals surface area contributed by atoms with Crippen molar-refractivity contribution in [1.82, 2.24) is 0 Å². The molecule has 0 radical (unpaired) electrons. The minimum Gasteiger partial charge on any atom is -0.324 e. The summed E-state index contributed by atoms with van der Waals surface area (Å²) < 4.78 is 10.6. The highest BCUT2D eigenvalue weighted by molar-refractivity contribution is 7.51. The Morgan fingerprint density at radius 3 is 2.00 bits per heavy atom. The predicted molar refractivity (Wildman–Crippen MR) is 63.9 cm³/mol. The Morgan fingerprint density at radius 1 is 1.25 bits per heavy atom. The molecule has 5 heteroatoms. The average molecular weight is 247 g/mol. The van der Waals surface area contributed by atoms with Gasteiger partial charge in [0.1, 0.15) is 0 Å². The van der Waals surface area contributed by atoms with Crippen molar-refractivity contribution in [2.24, 2.45) is 11.8 Å². The van der Waals surface area contributed by atoms with Gasteiger partial charge in [0.25, 0.3) is 0 Å². The topological polar surface area (TPSA) is 81.3 Å². The SMILES string of the molecule is CCCC.N#CCC1CCC1CP(=O)(O)O. The monoisotopic (exact) mass is 247 g/mol. The van der Waals surface area contributed by atoms with Crippen molar-refractivity contribution < 1.29 is 14.4 Å². The smallest absolute Gasteiger partial charge is 0.324 e. The zero-order valence-corrected chi connectivity index (χ0v) is 11.0. The lowest BCUT2D eigenvalue weighted by Crippen LogP contribution is -2.28. The maximum Gasteiger partial charge on any atom is 0.325 e. The number of unbranched alkanes of at least 4 members (excludes halogenated alkanes) is 1. The normalized spacial score (nSPS) is 23.7. The predicted octanol–water partition coefficient (Wildman–Crippen LogP) is 2.91. The molecule has 0 bridgehead atoms. The van der Waals surface area contributed by atoms with Crippen molar-refractivity contribution in [3.63, 3.8) is 0 Å². The summed E-state index contributed by atoms with van der Waals surface area (Å²) in [6.45, 7) is 4.36. The number of rotatable bonds is 4. The molecular weight excluding hydrogens is 225 g/mol. The Labute approximate surface area is 97.8 Å². The van der Waals surface area contributed by atoms with Crippen LogP contribution in [0.1, 0.15) is 46.0 Å². The van der Waals surface area contributed by atoms with Crippen LogP contribution >= 0.6 is 7.60 Å². The molecule has 2 N–H and O–H groups in total. The summed E-state index contributed by atoms with van der Waals surface area (Å²) in [7, 11) is -3.86. The fourth-order valence-corrected chi connectivity index (χ4v) is 2.66. The highest BCUT2D eigenvalue weighted by atomic mass is 31.2. The van der Waals surface area contributed by atoms with Gasteiger partial charge in [-0.2, -0.15) is 5.26 Å². The number of nitriles is 1. The molecule has 0 spiro atoms. The molecule has 1 aliphatic rings. The molecule has 94 valence electrons. The Kier molecular flexibility index (Phi) is 7.66. The van der Waals surface area contributed by atoms with Crippen LogP contribution in [0.3, 0.4) is 0 Å². The summed E-state index contributed by atoms with van der Waals surface area (Å²) in [6, 6.07) is 2.03. The lowest BCUT2D eigenvalue weighted by Gasteiger charge is -2.35. The molecule has 1 rings (SSSR count). The number of nitrogens with zero attached hydrogens (tertiary/aromatic N) is 1. The molecule has 0 aromatic carbocycles. The largest absolute Gasteiger partial charge is 0.325 e. The van der Waals surface area contributed by atoms with Crippen molar-refractivity contribution in [3.05, 3.63) is 0 Å². The standard InChI is InChI=1S/C7H12NO3P.C4H10/c8-4-3-6-1-2-7(6)5-12(9,10)11;1-3-4-2/h6-7H,1-3,5H2,(H2,9,10,11);3-4H2,1-2H3. The summed E-state index contributed by atoms with van der Waals surface area (Å²) >= 11 is 0. The van der Waals surface area contributed by atoms with E-state index in [-0.39, 0.29) is 18.0 Å². The van der Waals surface area contributed by atoms with Gasteiger partial charge in [-0.05, 0) is 24.7 Å². The fourth-order valence-electron chi connectivity index (χ4n) is 1.57. The third-order valence-electron chi connectivity index (χ3n) is 2.90. The zero-order chi connectivity index (χ0) is 12.6. The highest BCUT2D eigenvalue weighted by Crippen LogP contribution is 2.46. The molecule has 2 atom stereocenters. The van der Waals surface area contributed by atoms with Crippen molar-refractivity contribution in [2.75, 3.05) is 6.16 Å². The summed E-state index contributed by atoms with van der Waals surface area (Å²) in [5, 5.41) is 8.37. The molecule has 0 saturated heterocycles. The lowest BCUT2D eigenvalue weighted by atomic mass is 9.73. The first-order chi connectivity index (χ1) is 7.44. The first kappa shape index (κ1) is 15.6. The van der Waals surface area contributed by atoms with E-state index in [4.69, 9.17) is 15.0 Å². The van der Waals surface area contributed by atoms with Crippen molar-refractivity contribution in [2.45, 2.75) is 46.0 Å². The molecule has 0 amide bonds. The van der Waals surface area contributed by atoms with E-state index in [1.807, 2.05) is 6.07 Å². The number of hydrogen-bond acceptors (Lipinski definition) is 2. The quantitative estimate of drug-likeness (QED) is 0.748. The summed E-state index contributed by atoms with van der Waals surface area (Å²) in [6.07, 6.45) is 4.83. The first-order valence-electron chi connectivity index (χ1n) is 5.86. The third kappa shape index (κ3) is 7.00. The number of hydrogen-bond donors (Lipinski definition) is 2. The van der Waals surface area contributed by atoms with Gasteiger partial charge in [0.05, 0.1) is 12.2 Å². The third-order valence-corrected chi connectivity index (χ3v) is 3.85. The van der Waals surface area contributed by atoms with Crippen LogP contribution in [0.4, 0.5) is 0 Å². The molecule has 16 heavy (non-hydrogen) atoms. The second-order valence-electron chi connectivity index (χ2n) is 4.31. The Bertz CT molecular complexity index is 267. The fraction of sp³-hybridized carbons (Fsp3) is 0.909. The maximum absolute atomic E-state index is 10.6. The van der Waals surface area contributed by atoms with Gasteiger partial charge in [-0.1, -0.05) is 26.7 Å². The Hall–Kier alpha value is -0.360. The first-order valence-corrected chi connectivity index (χ1v) is 7.65. The van der Waals surface area contributed by atoms with Crippen LogP contribution in [0.5, 0.6) is 0 Å². The van der Waals surface area contributed by atoms with Crippen molar-refractivity contribution in [3.8, 4) is 6.07 Å². The van der Waals surface area contributed by atoms with E-state index in [0.29, 0.717) is 6.42 Å². The summed E-state index contributed by atoms with van der Waals surface area (Å²) in [4.78, 5) is 17.3. The minimum absolute atomic E-state index is 0.0423. The van der Waals surface area contributed by atoms with Gasteiger partial charge in [-0.25, -0.2) is 0 Å². The van der Waals surface area contributed by atoms with Crippen molar-refractivity contribution in [1.29, 1.82) is 5.26 Å². The lowest BCUT2D eigenvalue weighted by molar-refractivity contribution is 0.194. The van der Waals surface area contributed by atoms with Crippen LogP contribution < -0.4 is 0 Å². The molecule has 1 saturated carbocycles. The summed E-state index contributed by atoms with van der Waals surface area (Å²) in [5.74, 6) is 0.299. The second kappa shape index (κ2) is 7.84. The van der Waals surface area contributed by atoms with Gasteiger partial charge in [0.15, 0.2) is 0 Å². The van der Waals surface area contributed by atoms with Gasteiger partial charge in [0, 0.05) is 6.42 Å². The molecule has 2 unspecified atom stereocenters. The van der Waals surface area contributed by atoms with E-state index in [1.165, 1.54) is 12.8 Å². The molecule has 1 aliphatic carbocycles. The molecule has 1 fully saturated rings. The van der Waals surface area contributed by atoms with E-state index in [1.54, 1.807) is 0 Å². The molecule has 0 aromatic rings. The maximum atomic E-state index is 10.6. The van der Waals surface area contributed by atoms with Gasteiger partial charge in [-0.15, -0.1) is 0 Å². The van der Waals surface area contributed by atoms with Crippen LogP contribution in [0.25, 0.3) is 0 Å². The van der Waals surface area contributed by atoms with E-state index in [9.17, 15) is 4.57 Å². The average Bonchev–Trinajstić information content (AvgIpc) is 2.20. The van der Waals surface area contributed by atoms with Crippen molar-refractivity contribution >= 4 is 7.60 Å². The zero-order valence-electron chi connectivity index (χ0n) is 10.1. The minimum atomic E-state index is -3.86. The Balaban J connectivity index is 0.000000487. The van der Waals surface area contributed by atoms with Crippen LogP contribution in [-0.4, -0.2) is 15.9 Å². The van der Waals surface area contributed by atoms with Gasteiger partial charge < -0.3 is 9.79 Å². The van der Waals surface area contributed by atoms with Crippen LogP contribution in [0, 0.1) is 23.2 Å². The van der Waals surface area contributed by atoms with E-state index >= 15 is 0 Å². The molecule has 0 aromatic heterocycles. The summed E-state index contributed by atoms with van der Waals surface area (Å²) in [5.41, 5.74) is 0. The molecule has 4 nitrogen and oxygen atoms in total. The highest BCUT2D eigenvalue weighted by Gasteiger charge is 2.35. The van der Waals surface area contributed by atoms with Gasteiger partial charge >= 0.3 is 7.60 Å². The van der Waals surface area contributed by atoms with Crippen LogP contribution in [-0.2, 0) is 4.57 Å². The second-order valence-corrected chi connectivity index (χ2v) is 6.00. The van der Waals surface area contributed by atoms with E-state index in [0.717, 1.165) is 12.8 Å². The van der Waals surface area contributed by atoms with Gasteiger partial charge in [-0.3, -0.25) is 4.57 Å². The van der Waals surface area contributed by atoms with Crippen LogP contribution in [0.2, 0.25) is 0 Å². The molecule has 0 heterocycles. The van der Waals surface area contributed by atoms with Crippen LogP contribution in [0.15, 0.2) is 0 Å². The van der Waals surface area contributed by atoms with E-state index in [2.05, 4.69) is 13.8 Å². The Morgan fingerprint density at radius 2 is 1.75 bits per heavy atom.